The van der Waals surface area contributed by atoms with Crippen LogP contribution in [0.1, 0.15) is 84.0 Å². The number of rotatable bonds is 16. The summed E-state index contributed by atoms with van der Waals surface area (Å²) in [6.07, 6.45) is 18.1. The second kappa shape index (κ2) is 18.9. The van der Waals surface area contributed by atoms with Gasteiger partial charge in [-0.1, -0.05) is 126 Å². The van der Waals surface area contributed by atoms with Crippen molar-refractivity contribution in [1.82, 2.24) is 0 Å². The molecule has 3 heteroatoms. The fraction of sp³-hybridized carbons (Fsp3) is 0.438. The predicted octanol–water partition coefficient (Wildman–Crippen LogP) is 9.53. The van der Waals surface area contributed by atoms with Crippen molar-refractivity contribution in [1.29, 1.82) is 0 Å². The highest BCUT2D eigenvalue weighted by Gasteiger charge is 2.44. The van der Waals surface area contributed by atoms with Crippen LogP contribution in [0.25, 0.3) is 0 Å². The summed E-state index contributed by atoms with van der Waals surface area (Å²) in [5, 5.41) is 4.56. The molecule has 0 N–H and O–H groups in total. The zero-order valence-corrected chi connectivity index (χ0v) is 24.1. The molecule has 3 aromatic carbocycles. The number of hydrogen-bond acceptors (Lipinski definition) is 0. The minimum Gasteiger partial charge on any atom is -0.147 e. The maximum absolute atomic E-state index is 2.37. The summed E-state index contributed by atoms with van der Waals surface area (Å²) in [5.41, 5.74) is 0. The fourth-order valence-corrected chi connectivity index (χ4v) is 9.48. The van der Waals surface area contributed by atoms with Crippen molar-refractivity contribution in [2.45, 2.75) is 84.0 Å². The Bertz CT molecular complexity index is 771. The first-order valence-corrected chi connectivity index (χ1v) is 15.4. The Labute approximate surface area is 228 Å². The summed E-state index contributed by atoms with van der Waals surface area (Å²) in [7, 11) is -1.63. The van der Waals surface area contributed by atoms with E-state index in [2.05, 4.69) is 97.9 Å². The zero-order chi connectivity index (χ0) is 23.0. The Hall–Kier alpha value is -1.33. The van der Waals surface area contributed by atoms with Gasteiger partial charge in [0.25, 0.3) is 0 Å². The molecule has 0 saturated carbocycles. The molecule has 0 nitrogen and oxygen atoms in total. The van der Waals surface area contributed by atoms with Crippen LogP contribution in [0.3, 0.4) is 0 Å². The maximum atomic E-state index is 2.37. The Kier molecular flexibility index (Phi) is 17.1. The van der Waals surface area contributed by atoms with Crippen LogP contribution in [0.5, 0.6) is 0 Å². The van der Waals surface area contributed by atoms with E-state index in [1.54, 1.807) is 0 Å². The van der Waals surface area contributed by atoms with E-state index in [4.69, 9.17) is 0 Å². The highest BCUT2D eigenvalue weighted by molar-refractivity contribution is 7.95. The molecule has 3 aromatic rings. The van der Waals surface area contributed by atoms with Gasteiger partial charge in [0, 0.05) is 0 Å². The largest absolute Gasteiger partial charge is 0.147 e. The molecule has 192 valence electrons. The van der Waals surface area contributed by atoms with Crippen LogP contribution in [0, 0.1) is 0 Å². The van der Waals surface area contributed by atoms with Crippen molar-refractivity contribution < 1.29 is 0 Å². The van der Waals surface area contributed by atoms with Gasteiger partial charge in [-0.25, -0.2) is 0 Å². The van der Waals surface area contributed by atoms with E-state index in [0.29, 0.717) is 0 Å². The monoisotopic (exact) mass is 531 g/mol. The zero-order valence-electron chi connectivity index (χ0n) is 21.6. The third kappa shape index (κ3) is 9.92. The molecule has 35 heavy (non-hydrogen) atoms. The molecule has 0 aromatic heterocycles. The first kappa shape index (κ1) is 31.7. The van der Waals surface area contributed by atoms with Gasteiger partial charge in [0.15, 0.2) is 0 Å². The molecule has 0 spiro atoms. The van der Waals surface area contributed by atoms with Crippen molar-refractivity contribution in [3.8, 4) is 0 Å². The van der Waals surface area contributed by atoms with Crippen molar-refractivity contribution in [3.63, 3.8) is 0 Å². The summed E-state index contributed by atoms with van der Waals surface area (Å²) in [6.45, 7) is 2.30. The van der Waals surface area contributed by atoms with Crippen LogP contribution in [0.15, 0.2) is 91.0 Å². The van der Waals surface area contributed by atoms with E-state index in [1.165, 1.54) is 99.1 Å². The van der Waals surface area contributed by atoms with E-state index >= 15 is 0 Å². The lowest BCUT2D eigenvalue weighted by Gasteiger charge is -2.27. The Morgan fingerprint density at radius 1 is 0.400 bits per heavy atom. The van der Waals surface area contributed by atoms with Crippen molar-refractivity contribution in [2.75, 3.05) is 6.16 Å². The van der Waals surface area contributed by atoms with Gasteiger partial charge in [-0.2, -0.15) is 0 Å². The Morgan fingerprint density at radius 3 is 1.00 bits per heavy atom. The lowest BCUT2D eigenvalue weighted by molar-refractivity contribution is 0.548. The van der Waals surface area contributed by atoms with Gasteiger partial charge in [0.1, 0.15) is 23.2 Å². The molecule has 0 amide bonds. The lowest BCUT2D eigenvalue weighted by atomic mass is 10.1. The lowest BCUT2D eigenvalue weighted by Crippen LogP contribution is -2.33. The average Bonchev–Trinajstić information content (AvgIpc) is 2.89. The summed E-state index contributed by atoms with van der Waals surface area (Å²) in [6, 6.07) is 34.0. The van der Waals surface area contributed by atoms with Crippen LogP contribution >= 0.6 is 32.1 Å². The Balaban J connectivity index is 0.00000306. The fourth-order valence-electron chi connectivity index (χ4n) is 5.07. The summed E-state index contributed by atoms with van der Waals surface area (Å²) < 4.78 is 0. The molecular weight excluding hydrogens is 486 g/mol. The van der Waals surface area contributed by atoms with Crippen LogP contribution < -0.4 is 15.9 Å². The predicted molar refractivity (Wildman–Crippen MR) is 166 cm³/mol. The first-order valence-electron chi connectivity index (χ1n) is 13.4. The molecule has 0 aliphatic heterocycles. The third-order valence-corrected chi connectivity index (χ3v) is 11.5. The SMILES string of the molecule is CCCCCCCCCCCCCC[P+](c1ccccc1)(c1ccccc1)c1ccccc1.Cl.Cl. The van der Waals surface area contributed by atoms with E-state index in [1.807, 2.05) is 0 Å². The smallest absolute Gasteiger partial charge is 0.112 e. The van der Waals surface area contributed by atoms with Crippen LogP contribution in [0.2, 0.25) is 0 Å². The van der Waals surface area contributed by atoms with Gasteiger partial charge in [0.2, 0.25) is 0 Å². The second-order valence-corrected chi connectivity index (χ2v) is 13.0. The standard InChI is InChI=1S/C32H44P.2ClH/c1-2-3-4-5-6-7-8-9-10-11-12-22-29-33(30-23-16-13-17-24-30,31-25-18-14-19-26-31)32-27-20-15-21-28-32;;/h13-21,23-28H,2-12,22,29H2,1H3;2*1H/q+1;;. The van der Waals surface area contributed by atoms with Gasteiger partial charge >= 0.3 is 0 Å². The topological polar surface area (TPSA) is 0 Å². The summed E-state index contributed by atoms with van der Waals surface area (Å²) in [4.78, 5) is 0. The minimum absolute atomic E-state index is 0. The van der Waals surface area contributed by atoms with E-state index in [-0.39, 0.29) is 24.8 Å². The summed E-state index contributed by atoms with van der Waals surface area (Å²) >= 11 is 0. The number of halogens is 2. The van der Waals surface area contributed by atoms with E-state index in [0.717, 1.165) is 0 Å². The summed E-state index contributed by atoms with van der Waals surface area (Å²) in [5.74, 6) is 0. The van der Waals surface area contributed by atoms with Crippen LogP contribution in [-0.2, 0) is 0 Å². The van der Waals surface area contributed by atoms with Gasteiger partial charge < -0.3 is 0 Å². The van der Waals surface area contributed by atoms with Crippen LogP contribution in [0.4, 0.5) is 0 Å². The molecular formula is C32H46Cl2P+. The first-order chi connectivity index (χ1) is 16.4. The molecule has 0 atom stereocenters. The van der Waals surface area contributed by atoms with E-state index in [9.17, 15) is 0 Å². The maximum Gasteiger partial charge on any atom is 0.112 e. The van der Waals surface area contributed by atoms with E-state index < -0.39 is 7.26 Å². The van der Waals surface area contributed by atoms with Crippen molar-refractivity contribution >= 4 is 48.0 Å². The molecule has 3 rings (SSSR count). The highest BCUT2D eigenvalue weighted by Crippen LogP contribution is 2.55. The molecule has 0 aliphatic carbocycles. The molecule has 0 fully saturated rings. The number of unbranched alkanes of at least 4 members (excludes halogenated alkanes) is 11. The molecule has 0 saturated heterocycles. The highest BCUT2D eigenvalue weighted by atomic mass is 35.5. The molecule has 0 heterocycles. The quantitative estimate of drug-likeness (QED) is 0.127. The molecule has 0 bridgehead atoms. The second-order valence-electron chi connectivity index (χ2n) is 9.43. The average molecular weight is 533 g/mol. The van der Waals surface area contributed by atoms with Crippen molar-refractivity contribution in [3.05, 3.63) is 91.0 Å². The molecule has 0 radical (unpaired) electrons. The minimum atomic E-state index is -1.63. The van der Waals surface area contributed by atoms with Gasteiger partial charge in [-0.15, -0.1) is 24.8 Å². The number of benzene rings is 3. The van der Waals surface area contributed by atoms with Gasteiger partial charge in [0.05, 0.1) is 6.16 Å². The van der Waals surface area contributed by atoms with Crippen molar-refractivity contribution in [2.24, 2.45) is 0 Å². The van der Waals surface area contributed by atoms with Gasteiger partial charge in [-0.3, -0.25) is 0 Å². The third-order valence-electron chi connectivity index (χ3n) is 6.94. The van der Waals surface area contributed by atoms with Gasteiger partial charge in [-0.05, 0) is 49.2 Å². The van der Waals surface area contributed by atoms with Crippen LogP contribution in [-0.4, -0.2) is 6.16 Å². The normalized spacial score (nSPS) is 10.9. The number of hydrogen-bond donors (Lipinski definition) is 0. The molecule has 0 unspecified atom stereocenters. The Morgan fingerprint density at radius 2 is 0.686 bits per heavy atom. The molecule has 0 aliphatic rings.